The van der Waals surface area contributed by atoms with Crippen LogP contribution in [-0.2, 0) is 6.42 Å². The molecule has 3 rings (SSSR count). The number of aliphatic hydroxyl groups is 1. The lowest BCUT2D eigenvalue weighted by atomic mass is 9.80. The number of aromatic hydroxyl groups is 2. The van der Waals surface area contributed by atoms with Crippen molar-refractivity contribution < 1.29 is 15.3 Å². The molecule has 0 bridgehead atoms. The van der Waals surface area contributed by atoms with Crippen molar-refractivity contribution in [3.63, 3.8) is 0 Å². The van der Waals surface area contributed by atoms with Gasteiger partial charge in [-0.3, -0.25) is 4.90 Å². The van der Waals surface area contributed by atoms with Crippen molar-refractivity contribution in [3.8, 4) is 11.5 Å². The van der Waals surface area contributed by atoms with Gasteiger partial charge in [-0.2, -0.15) is 0 Å². The molecular formula is C17H25NO3. The fourth-order valence-electron chi connectivity index (χ4n) is 3.87. The number of phenols is 2. The van der Waals surface area contributed by atoms with Gasteiger partial charge >= 0.3 is 0 Å². The summed E-state index contributed by atoms with van der Waals surface area (Å²) in [5.41, 5.74) is 2.18. The molecule has 0 amide bonds. The summed E-state index contributed by atoms with van der Waals surface area (Å²) in [4.78, 5) is 2.44. The Hall–Kier alpha value is -1.26. The van der Waals surface area contributed by atoms with Gasteiger partial charge < -0.3 is 15.3 Å². The Balaban J connectivity index is 1.82. The zero-order valence-electron chi connectivity index (χ0n) is 12.6. The Morgan fingerprint density at radius 1 is 1.24 bits per heavy atom. The topological polar surface area (TPSA) is 63.9 Å². The van der Waals surface area contributed by atoms with Crippen LogP contribution in [0.4, 0.5) is 0 Å². The normalized spacial score (nSPS) is 29.0. The molecule has 0 saturated carbocycles. The first-order valence-corrected chi connectivity index (χ1v) is 8.07. The van der Waals surface area contributed by atoms with Crippen molar-refractivity contribution in [2.75, 3.05) is 13.1 Å². The van der Waals surface area contributed by atoms with Crippen molar-refractivity contribution in [3.05, 3.63) is 23.3 Å². The molecule has 2 aliphatic heterocycles. The third-order valence-corrected chi connectivity index (χ3v) is 5.11. The quantitative estimate of drug-likeness (QED) is 0.749. The van der Waals surface area contributed by atoms with Gasteiger partial charge in [0.15, 0.2) is 11.5 Å². The number of fused-ring (bicyclic) bond motifs is 3. The first-order chi connectivity index (χ1) is 10.1. The van der Waals surface area contributed by atoms with Gasteiger partial charge in [-0.05, 0) is 48.4 Å². The van der Waals surface area contributed by atoms with Crippen molar-refractivity contribution in [2.45, 2.75) is 51.2 Å². The van der Waals surface area contributed by atoms with Gasteiger partial charge in [0.05, 0.1) is 6.10 Å². The van der Waals surface area contributed by atoms with E-state index in [2.05, 4.69) is 11.8 Å². The molecule has 4 heteroatoms. The maximum Gasteiger partial charge on any atom is 0.157 e. The van der Waals surface area contributed by atoms with Gasteiger partial charge in [-0.1, -0.05) is 19.8 Å². The third kappa shape index (κ3) is 2.74. The first kappa shape index (κ1) is 14.7. The summed E-state index contributed by atoms with van der Waals surface area (Å²) in [6.07, 6.45) is 4.80. The highest BCUT2D eigenvalue weighted by Gasteiger charge is 2.38. The minimum atomic E-state index is -0.264. The number of hydrogen-bond acceptors (Lipinski definition) is 4. The SMILES string of the molecule is CCCCC1CN2CCc3cc(O)c(O)cc3C2CC1O. The van der Waals surface area contributed by atoms with Crippen LogP contribution in [0.2, 0.25) is 0 Å². The number of aliphatic hydroxyl groups excluding tert-OH is 1. The molecule has 4 nitrogen and oxygen atoms in total. The average molecular weight is 291 g/mol. The van der Waals surface area contributed by atoms with E-state index in [9.17, 15) is 15.3 Å². The summed E-state index contributed by atoms with van der Waals surface area (Å²) in [7, 11) is 0. The molecule has 3 unspecified atom stereocenters. The molecule has 1 aromatic carbocycles. The number of piperidine rings is 1. The van der Waals surface area contributed by atoms with E-state index < -0.39 is 0 Å². The summed E-state index contributed by atoms with van der Waals surface area (Å²) in [6, 6.07) is 3.53. The molecule has 3 atom stereocenters. The van der Waals surface area contributed by atoms with Crippen LogP contribution < -0.4 is 0 Å². The zero-order chi connectivity index (χ0) is 15.0. The minimum absolute atomic E-state index is 0.0422. The van der Waals surface area contributed by atoms with E-state index in [4.69, 9.17) is 0 Å². The molecule has 0 spiro atoms. The Morgan fingerprint density at radius 2 is 2.00 bits per heavy atom. The molecule has 2 aliphatic rings. The van der Waals surface area contributed by atoms with Gasteiger partial charge in [-0.15, -0.1) is 0 Å². The molecule has 1 saturated heterocycles. The number of phenolic OH excluding ortho intramolecular Hbond substituents is 2. The molecule has 1 aromatic rings. The van der Waals surface area contributed by atoms with Crippen molar-refractivity contribution in [1.29, 1.82) is 0 Å². The molecular weight excluding hydrogens is 266 g/mol. The highest BCUT2D eigenvalue weighted by atomic mass is 16.3. The summed E-state index contributed by atoms with van der Waals surface area (Å²) in [6.45, 7) is 4.09. The van der Waals surface area contributed by atoms with Gasteiger partial charge in [0.1, 0.15) is 0 Å². The molecule has 116 valence electrons. The van der Waals surface area contributed by atoms with E-state index in [1.165, 1.54) is 12.8 Å². The number of unbranched alkanes of at least 4 members (excludes halogenated alkanes) is 1. The molecule has 2 heterocycles. The van der Waals surface area contributed by atoms with Crippen LogP contribution in [0, 0.1) is 5.92 Å². The summed E-state index contributed by atoms with van der Waals surface area (Å²) < 4.78 is 0. The van der Waals surface area contributed by atoms with Gasteiger partial charge in [-0.25, -0.2) is 0 Å². The molecule has 1 fully saturated rings. The summed E-state index contributed by atoms with van der Waals surface area (Å²) in [5.74, 6) is 0.269. The Kier molecular flexibility index (Phi) is 4.09. The zero-order valence-corrected chi connectivity index (χ0v) is 12.6. The lowest BCUT2D eigenvalue weighted by molar-refractivity contribution is -0.0156. The monoisotopic (exact) mass is 291 g/mol. The van der Waals surface area contributed by atoms with E-state index in [0.29, 0.717) is 5.92 Å². The van der Waals surface area contributed by atoms with Crippen molar-refractivity contribution in [2.24, 2.45) is 5.92 Å². The number of benzene rings is 1. The van der Waals surface area contributed by atoms with Crippen LogP contribution in [0.5, 0.6) is 11.5 Å². The Labute approximate surface area is 126 Å². The lowest BCUT2D eigenvalue weighted by Crippen LogP contribution is -2.47. The number of nitrogens with zero attached hydrogens (tertiary/aromatic N) is 1. The van der Waals surface area contributed by atoms with Crippen molar-refractivity contribution in [1.82, 2.24) is 4.90 Å². The second kappa shape index (κ2) is 5.85. The number of hydrogen-bond donors (Lipinski definition) is 3. The highest BCUT2D eigenvalue weighted by Crippen LogP contribution is 2.42. The van der Waals surface area contributed by atoms with Crippen LogP contribution in [0.25, 0.3) is 0 Å². The smallest absolute Gasteiger partial charge is 0.157 e. The Morgan fingerprint density at radius 3 is 2.76 bits per heavy atom. The molecule has 0 aliphatic carbocycles. The van der Waals surface area contributed by atoms with Crippen LogP contribution in [-0.4, -0.2) is 39.4 Å². The van der Waals surface area contributed by atoms with Crippen LogP contribution in [0.3, 0.4) is 0 Å². The number of rotatable bonds is 3. The van der Waals surface area contributed by atoms with E-state index in [1.54, 1.807) is 12.1 Å². The first-order valence-electron chi connectivity index (χ1n) is 8.07. The van der Waals surface area contributed by atoms with Gasteiger partial charge in [0.25, 0.3) is 0 Å². The Bertz CT molecular complexity index is 517. The molecule has 3 N–H and O–H groups in total. The molecule has 0 radical (unpaired) electrons. The highest BCUT2D eigenvalue weighted by molar-refractivity contribution is 5.48. The summed E-state index contributed by atoms with van der Waals surface area (Å²) >= 11 is 0. The van der Waals surface area contributed by atoms with Crippen LogP contribution in [0.1, 0.15) is 49.8 Å². The molecule has 21 heavy (non-hydrogen) atoms. The lowest BCUT2D eigenvalue weighted by Gasteiger charge is -2.46. The van der Waals surface area contributed by atoms with Crippen molar-refractivity contribution >= 4 is 0 Å². The van der Waals surface area contributed by atoms with Crippen LogP contribution >= 0.6 is 0 Å². The van der Waals surface area contributed by atoms with Gasteiger partial charge in [0.2, 0.25) is 0 Å². The maximum atomic E-state index is 10.4. The fraction of sp³-hybridized carbons (Fsp3) is 0.647. The third-order valence-electron chi connectivity index (χ3n) is 5.11. The van der Waals surface area contributed by atoms with Crippen LogP contribution in [0.15, 0.2) is 12.1 Å². The average Bonchev–Trinajstić information content (AvgIpc) is 2.47. The maximum absolute atomic E-state index is 10.4. The predicted molar refractivity (Wildman–Crippen MR) is 81.4 cm³/mol. The second-order valence-electron chi connectivity index (χ2n) is 6.51. The minimum Gasteiger partial charge on any atom is -0.504 e. The van der Waals surface area contributed by atoms with E-state index in [1.807, 2.05) is 0 Å². The largest absolute Gasteiger partial charge is 0.504 e. The van der Waals surface area contributed by atoms with E-state index in [-0.39, 0.29) is 23.6 Å². The predicted octanol–water partition coefficient (Wildman–Crippen LogP) is 2.57. The standard InChI is InChI=1S/C17H25NO3/c1-2-3-4-12-10-18-6-5-11-7-16(20)17(21)8-13(11)14(18)9-15(12)19/h7-8,12,14-15,19-21H,2-6,9-10H2,1H3. The fourth-order valence-corrected chi connectivity index (χ4v) is 3.87. The van der Waals surface area contributed by atoms with E-state index >= 15 is 0 Å². The van der Waals surface area contributed by atoms with E-state index in [0.717, 1.165) is 43.5 Å². The second-order valence-corrected chi connectivity index (χ2v) is 6.51. The molecule has 0 aromatic heterocycles. The van der Waals surface area contributed by atoms with Gasteiger partial charge in [0, 0.05) is 19.1 Å². The summed E-state index contributed by atoms with van der Waals surface area (Å²) in [5, 5.41) is 29.9.